The van der Waals surface area contributed by atoms with Crippen LogP contribution in [-0.2, 0) is 4.79 Å². The van der Waals surface area contributed by atoms with Crippen molar-refractivity contribution in [3.05, 3.63) is 46.5 Å². The molecule has 0 aliphatic carbocycles. The predicted molar refractivity (Wildman–Crippen MR) is 65.5 cm³/mol. The fourth-order valence-electron chi connectivity index (χ4n) is 1.32. The van der Waals surface area contributed by atoms with E-state index in [4.69, 9.17) is 0 Å². The maximum absolute atomic E-state index is 11.3. The third kappa shape index (κ3) is 3.51. The normalized spacial score (nSPS) is 12.7. The fourth-order valence-corrected chi connectivity index (χ4v) is 1.95. The first kappa shape index (κ1) is 12.0. The zero-order valence-corrected chi connectivity index (χ0v) is 10.4. The summed E-state index contributed by atoms with van der Waals surface area (Å²) < 4.78 is 1.01. The Morgan fingerprint density at radius 3 is 2.73 bits per heavy atom. The molecule has 0 spiro atoms. The van der Waals surface area contributed by atoms with Gasteiger partial charge >= 0.3 is 0 Å². The molecule has 1 aromatic rings. The first-order chi connectivity index (χ1) is 7.15. The summed E-state index contributed by atoms with van der Waals surface area (Å²) in [4.78, 5) is 11.3. The molecule has 0 heterocycles. The van der Waals surface area contributed by atoms with Crippen molar-refractivity contribution in [2.45, 2.75) is 19.9 Å². The fraction of sp³-hybridized carbons (Fsp3) is 0.250. The van der Waals surface area contributed by atoms with Gasteiger partial charge in [0.25, 0.3) is 0 Å². The molecule has 1 unspecified atom stereocenters. The Balaban J connectivity index is 2.73. The highest BCUT2D eigenvalue weighted by Crippen LogP contribution is 2.22. The van der Waals surface area contributed by atoms with E-state index < -0.39 is 0 Å². The number of amides is 1. The van der Waals surface area contributed by atoms with Gasteiger partial charge in [0.15, 0.2) is 0 Å². The van der Waals surface area contributed by atoms with Crippen molar-refractivity contribution in [1.82, 2.24) is 5.32 Å². The van der Waals surface area contributed by atoms with Crippen LogP contribution in [0.3, 0.4) is 0 Å². The van der Waals surface area contributed by atoms with E-state index in [2.05, 4.69) is 21.2 Å². The van der Waals surface area contributed by atoms with Gasteiger partial charge in [0.1, 0.15) is 0 Å². The Labute approximate surface area is 98.5 Å². The molecule has 0 saturated carbocycles. The maximum atomic E-state index is 11.3. The Bertz CT molecular complexity index is 374. The van der Waals surface area contributed by atoms with Crippen LogP contribution in [0.15, 0.2) is 40.9 Å². The van der Waals surface area contributed by atoms with Gasteiger partial charge < -0.3 is 5.32 Å². The minimum atomic E-state index is -0.0687. The van der Waals surface area contributed by atoms with Crippen molar-refractivity contribution in [1.29, 1.82) is 0 Å². The molecule has 0 bridgehead atoms. The van der Waals surface area contributed by atoms with Crippen LogP contribution in [-0.4, -0.2) is 5.91 Å². The summed E-state index contributed by atoms with van der Waals surface area (Å²) in [6, 6.07) is 7.87. The number of carbonyl (C=O) groups is 1. The number of allylic oxidation sites excluding steroid dienone is 1. The SMILES string of the molecule is C/C=C/C(=O)NC(C)c1ccccc1Br. The van der Waals surface area contributed by atoms with Gasteiger partial charge in [0, 0.05) is 4.47 Å². The molecule has 2 nitrogen and oxygen atoms in total. The zero-order chi connectivity index (χ0) is 11.3. The zero-order valence-electron chi connectivity index (χ0n) is 8.83. The minimum absolute atomic E-state index is 0.00396. The quantitative estimate of drug-likeness (QED) is 0.838. The van der Waals surface area contributed by atoms with E-state index >= 15 is 0 Å². The lowest BCUT2D eigenvalue weighted by atomic mass is 10.1. The molecule has 0 aliphatic heterocycles. The second-order valence-corrected chi connectivity index (χ2v) is 4.11. The van der Waals surface area contributed by atoms with Gasteiger partial charge in [0.05, 0.1) is 6.04 Å². The van der Waals surface area contributed by atoms with Crippen molar-refractivity contribution in [3.63, 3.8) is 0 Å². The van der Waals surface area contributed by atoms with E-state index in [1.54, 1.807) is 6.08 Å². The predicted octanol–water partition coefficient (Wildman–Crippen LogP) is 3.20. The van der Waals surface area contributed by atoms with Crippen LogP contribution >= 0.6 is 15.9 Å². The van der Waals surface area contributed by atoms with Crippen LogP contribution < -0.4 is 5.32 Å². The molecule has 0 aliphatic rings. The first-order valence-electron chi connectivity index (χ1n) is 4.82. The number of rotatable bonds is 3. The number of nitrogens with one attached hydrogen (secondary N) is 1. The van der Waals surface area contributed by atoms with Crippen molar-refractivity contribution in [2.75, 3.05) is 0 Å². The van der Waals surface area contributed by atoms with Crippen molar-refractivity contribution in [2.24, 2.45) is 0 Å². The molecule has 1 N–H and O–H groups in total. The second kappa shape index (κ2) is 5.71. The summed E-state index contributed by atoms with van der Waals surface area (Å²) in [6.07, 6.45) is 3.25. The lowest BCUT2D eigenvalue weighted by molar-refractivity contribution is -0.117. The van der Waals surface area contributed by atoms with Crippen LogP contribution in [0.4, 0.5) is 0 Å². The van der Waals surface area contributed by atoms with E-state index in [1.165, 1.54) is 6.08 Å². The smallest absolute Gasteiger partial charge is 0.244 e. The van der Waals surface area contributed by atoms with E-state index in [9.17, 15) is 4.79 Å². The molecular formula is C12H14BrNO. The van der Waals surface area contributed by atoms with E-state index in [0.717, 1.165) is 10.0 Å². The van der Waals surface area contributed by atoms with Crippen LogP contribution in [0.25, 0.3) is 0 Å². The van der Waals surface area contributed by atoms with Gasteiger partial charge in [-0.05, 0) is 31.6 Å². The molecule has 1 rings (SSSR count). The van der Waals surface area contributed by atoms with Crippen LogP contribution in [0, 0.1) is 0 Å². The molecule has 3 heteroatoms. The summed E-state index contributed by atoms with van der Waals surface area (Å²) in [5.41, 5.74) is 1.08. The number of benzene rings is 1. The van der Waals surface area contributed by atoms with E-state index in [1.807, 2.05) is 38.1 Å². The van der Waals surface area contributed by atoms with E-state index in [0.29, 0.717) is 0 Å². The average Bonchev–Trinajstić information content (AvgIpc) is 2.18. The summed E-state index contributed by atoms with van der Waals surface area (Å²) in [5, 5.41) is 2.88. The molecule has 1 amide bonds. The van der Waals surface area contributed by atoms with Crippen LogP contribution in [0.1, 0.15) is 25.5 Å². The van der Waals surface area contributed by atoms with Crippen LogP contribution in [0.5, 0.6) is 0 Å². The molecule has 0 saturated heterocycles. The van der Waals surface area contributed by atoms with Crippen molar-refractivity contribution < 1.29 is 4.79 Å². The first-order valence-corrected chi connectivity index (χ1v) is 5.62. The Hall–Kier alpha value is -1.09. The number of hydrogen-bond donors (Lipinski definition) is 1. The van der Waals surface area contributed by atoms with Gasteiger partial charge in [-0.3, -0.25) is 4.79 Å². The Kier molecular flexibility index (Phi) is 4.56. The Morgan fingerprint density at radius 2 is 2.13 bits per heavy atom. The standard InChI is InChI=1S/C12H14BrNO/c1-3-6-12(15)14-9(2)10-7-4-5-8-11(10)13/h3-9H,1-2H3,(H,14,15)/b6-3+. The highest BCUT2D eigenvalue weighted by atomic mass is 79.9. The van der Waals surface area contributed by atoms with Gasteiger partial charge in [-0.25, -0.2) is 0 Å². The number of hydrogen-bond acceptors (Lipinski definition) is 1. The number of carbonyl (C=O) groups excluding carboxylic acids is 1. The lowest BCUT2D eigenvalue weighted by Gasteiger charge is -2.14. The van der Waals surface area contributed by atoms with Crippen molar-refractivity contribution in [3.8, 4) is 0 Å². The minimum Gasteiger partial charge on any atom is -0.346 e. The number of halogens is 1. The monoisotopic (exact) mass is 267 g/mol. The second-order valence-electron chi connectivity index (χ2n) is 3.25. The molecular weight excluding hydrogens is 254 g/mol. The third-order valence-corrected chi connectivity index (χ3v) is 2.77. The van der Waals surface area contributed by atoms with Gasteiger partial charge in [0.2, 0.25) is 5.91 Å². The Morgan fingerprint density at radius 1 is 1.47 bits per heavy atom. The summed E-state index contributed by atoms with van der Waals surface area (Å²) in [7, 11) is 0. The molecule has 1 aromatic carbocycles. The average molecular weight is 268 g/mol. The molecule has 0 aromatic heterocycles. The molecule has 15 heavy (non-hydrogen) atoms. The largest absolute Gasteiger partial charge is 0.346 e. The molecule has 0 radical (unpaired) electrons. The molecule has 0 fully saturated rings. The lowest BCUT2D eigenvalue weighted by Crippen LogP contribution is -2.24. The van der Waals surface area contributed by atoms with Crippen molar-refractivity contribution >= 4 is 21.8 Å². The topological polar surface area (TPSA) is 29.1 Å². The van der Waals surface area contributed by atoms with Gasteiger partial charge in [-0.2, -0.15) is 0 Å². The highest BCUT2D eigenvalue weighted by molar-refractivity contribution is 9.10. The summed E-state index contributed by atoms with van der Waals surface area (Å²) >= 11 is 3.46. The molecule has 1 atom stereocenters. The summed E-state index contributed by atoms with van der Waals surface area (Å²) in [6.45, 7) is 3.78. The summed E-state index contributed by atoms with van der Waals surface area (Å²) in [5.74, 6) is -0.0687. The highest BCUT2D eigenvalue weighted by Gasteiger charge is 2.09. The van der Waals surface area contributed by atoms with E-state index in [-0.39, 0.29) is 11.9 Å². The maximum Gasteiger partial charge on any atom is 0.244 e. The molecule has 80 valence electrons. The third-order valence-electron chi connectivity index (χ3n) is 2.05. The van der Waals surface area contributed by atoms with Crippen LogP contribution in [0.2, 0.25) is 0 Å². The van der Waals surface area contributed by atoms with Gasteiger partial charge in [-0.15, -0.1) is 0 Å². The van der Waals surface area contributed by atoms with Gasteiger partial charge in [-0.1, -0.05) is 40.2 Å².